The molecule has 25 heavy (non-hydrogen) atoms. The Morgan fingerprint density at radius 1 is 1.24 bits per heavy atom. The minimum absolute atomic E-state index is 0.0841. The minimum Gasteiger partial charge on any atom is -0.497 e. The average Bonchev–Trinajstić information content (AvgIpc) is 2.95. The number of carbonyl (C=O) groups is 2. The highest BCUT2D eigenvalue weighted by Crippen LogP contribution is 2.35. The number of hydrogen-bond donors (Lipinski definition) is 0. The SMILES string of the molecule is COC(=O)CC(c1cccc(OC)c1)N1Cc2cc(Br)ccc2C1=O. The number of hydrogen-bond acceptors (Lipinski definition) is 4. The highest BCUT2D eigenvalue weighted by molar-refractivity contribution is 9.10. The molecule has 130 valence electrons. The molecule has 0 N–H and O–H groups in total. The summed E-state index contributed by atoms with van der Waals surface area (Å²) in [6, 6.07) is 12.6. The predicted octanol–water partition coefficient (Wildman–Crippen LogP) is 3.72. The third-order valence-electron chi connectivity index (χ3n) is 4.34. The van der Waals surface area contributed by atoms with Gasteiger partial charge in [0, 0.05) is 16.6 Å². The van der Waals surface area contributed by atoms with Crippen molar-refractivity contribution in [3.8, 4) is 5.75 Å². The lowest BCUT2D eigenvalue weighted by molar-refractivity contribution is -0.141. The maximum Gasteiger partial charge on any atom is 0.307 e. The van der Waals surface area contributed by atoms with E-state index in [4.69, 9.17) is 9.47 Å². The van der Waals surface area contributed by atoms with Gasteiger partial charge < -0.3 is 14.4 Å². The Morgan fingerprint density at radius 3 is 2.76 bits per heavy atom. The maximum atomic E-state index is 12.9. The summed E-state index contributed by atoms with van der Waals surface area (Å²) in [5.41, 5.74) is 2.45. The molecule has 0 bridgehead atoms. The van der Waals surface area contributed by atoms with Crippen molar-refractivity contribution in [3.05, 3.63) is 63.6 Å². The van der Waals surface area contributed by atoms with Gasteiger partial charge in [-0.1, -0.05) is 28.1 Å². The molecule has 3 rings (SSSR count). The average molecular weight is 404 g/mol. The Labute approximate surface area is 154 Å². The van der Waals surface area contributed by atoms with Crippen molar-refractivity contribution in [1.82, 2.24) is 4.90 Å². The van der Waals surface area contributed by atoms with Gasteiger partial charge in [-0.05, 0) is 41.5 Å². The van der Waals surface area contributed by atoms with Gasteiger partial charge in [0.05, 0.1) is 26.7 Å². The van der Waals surface area contributed by atoms with Gasteiger partial charge in [-0.25, -0.2) is 0 Å². The summed E-state index contributed by atoms with van der Waals surface area (Å²) in [6.07, 6.45) is 0.0879. The summed E-state index contributed by atoms with van der Waals surface area (Å²) in [5.74, 6) is 0.233. The number of carbonyl (C=O) groups excluding carboxylic acids is 2. The van der Waals surface area contributed by atoms with E-state index in [1.54, 1.807) is 12.0 Å². The van der Waals surface area contributed by atoms with Crippen LogP contribution in [0.15, 0.2) is 46.9 Å². The standard InChI is InChI=1S/C19H18BrNO4/c1-24-15-5-3-4-12(9-15)17(10-18(22)25-2)21-11-13-8-14(20)6-7-16(13)19(21)23/h3-9,17H,10-11H2,1-2H3. The van der Waals surface area contributed by atoms with E-state index in [0.717, 1.165) is 15.6 Å². The van der Waals surface area contributed by atoms with Gasteiger partial charge in [-0.3, -0.25) is 9.59 Å². The number of rotatable bonds is 5. The lowest BCUT2D eigenvalue weighted by Gasteiger charge is -2.27. The summed E-state index contributed by atoms with van der Waals surface area (Å²) in [5, 5.41) is 0. The summed E-state index contributed by atoms with van der Waals surface area (Å²) in [6.45, 7) is 0.451. The smallest absolute Gasteiger partial charge is 0.307 e. The summed E-state index contributed by atoms with van der Waals surface area (Å²) < 4.78 is 11.0. The van der Waals surface area contributed by atoms with Gasteiger partial charge in [0.2, 0.25) is 0 Å². The summed E-state index contributed by atoms with van der Waals surface area (Å²) in [4.78, 5) is 26.5. The molecule has 1 unspecified atom stereocenters. The van der Waals surface area contributed by atoms with E-state index in [2.05, 4.69) is 15.9 Å². The highest BCUT2D eigenvalue weighted by Gasteiger charge is 2.35. The number of nitrogens with zero attached hydrogens (tertiary/aromatic N) is 1. The number of methoxy groups -OCH3 is 2. The molecule has 2 aromatic rings. The molecule has 0 aliphatic carbocycles. The maximum absolute atomic E-state index is 12.9. The second-order valence-electron chi connectivity index (χ2n) is 5.81. The van der Waals surface area contributed by atoms with Crippen LogP contribution in [0.4, 0.5) is 0 Å². The van der Waals surface area contributed by atoms with Gasteiger partial charge in [0.1, 0.15) is 5.75 Å². The minimum atomic E-state index is -0.416. The Hall–Kier alpha value is -2.34. The normalized spacial score (nSPS) is 14.2. The second-order valence-corrected chi connectivity index (χ2v) is 6.72. The predicted molar refractivity (Wildman–Crippen MR) is 96.4 cm³/mol. The van der Waals surface area contributed by atoms with Crippen LogP contribution in [0.3, 0.4) is 0 Å². The Kier molecular flexibility index (Phi) is 5.08. The fourth-order valence-electron chi connectivity index (χ4n) is 3.06. The number of benzene rings is 2. The van der Waals surface area contributed by atoms with E-state index in [9.17, 15) is 9.59 Å². The van der Waals surface area contributed by atoms with Crippen LogP contribution in [0.5, 0.6) is 5.75 Å². The fraction of sp³-hybridized carbons (Fsp3) is 0.263. The lowest BCUT2D eigenvalue weighted by Crippen LogP contribution is -2.31. The van der Waals surface area contributed by atoms with E-state index in [1.807, 2.05) is 42.5 Å². The molecule has 1 aliphatic rings. The zero-order valence-corrected chi connectivity index (χ0v) is 15.6. The molecular formula is C19H18BrNO4. The van der Waals surface area contributed by atoms with Crippen molar-refractivity contribution in [3.63, 3.8) is 0 Å². The molecule has 5 nitrogen and oxygen atoms in total. The number of esters is 1. The zero-order chi connectivity index (χ0) is 18.0. The van der Waals surface area contributed by atoms with E-state index in [-0.39, 0.29) is 18.3 Å². The summed E-state index contributed by atoms with van der Waals surface area (Å²) in [7, 11) is 2.94. The second kappa shape index (κ2) is 7.27. The molecule has 0 radical (unpaired) electrons. The Balaban J connectivity index is 1.98. The van der Waals surface area contributed by atoms with E-state index in [1.165, 1.54) is 7.11 Å². The van der Waals surface area contributed by atoms with Crippen LogP contribution in [-0.4, -0.2) is 31.0 Å². The van der Waals surface area contributed by atoms with Crippen LogP contribution >= 0.6 is 15.9 Å². The first-order valence-corrected chi connectivity index (χ1v) is 8.63. The van der Waals surface area contributed by atoms with Crippen molar-refractivity contribution in [2.75, 3.05) is 14.2 Å². The number of amides is 1. The van der Waals surface area contributed by atoms with Gasteiger partial charge in [-0.2, -0.15) is 0 Å². The van der Waals surface area contributed by atoms with Crippen molar-refractivity contribution < 1.29 is 19.1 Å². The monoisotopic (exact) mass is 403 g/mol. The van der Waals surface area contributed by atoms with Crippen LogP contribution in [0.2, 0.25) is 0 Å². The number of halogens is 1. The quantitative estimate of drug-likeness (QED) is 0.713. The van der Waals surface area contributed by atoms with Crippen LogP contribution in [0.25, 0.3) is 0 Å². The molecular weight excluding hydrogens is 386 g/mol. The van der Waals surface area contributed by atoms with Crippen LogP contribution in [0, 0.1) is 0 Å². The van der Waals surface area contributed by atoms with Gasteiger partial charge in [0.25, 0.3) is 5.91 Å². The molecule has 1 atom stereocenters. The van der Waals surface area contributed by atoms with Gasteiger partial charge in [0.15, 0.2) is 0 Å². The first kappa shape index (κ1) is 17.5. The van der Waals surface area contributed by atoms with Crippen molar-refractivity contribution in [1.29, 1.82) is 0 Å². The molecule has 6 heteroatoms. The molecule has 1 amide bonds. The van der Waals surface area contributed by atoms with E-state index >= 15 is 0 Å². The van der Waals surface area contributed by atoms with E-state index < -0.39 is 6.04 Å². The molecule has 0 aromatic heterocycles. The van der Waals surface area contributed by atoms with Crippen LogP contribution in [-0.2, 0) is 16.1 Å². The third kappa shape index (κ3) is 3.54. The molecule has 1 aliphatic heterocycles. The van der Waals surface area contributed by atoms with E-state index in [0.29, 0.717) is 17.9 Å². The molecule has 0 saturated heterocycles. The van der Waals surface area contributed by atoms with Crippen molar-refractivity contribution in [2.45, 2.75) is 19.0 Å². The molecule has 0 fully saturated rings. The lowest BCUT2D eigenvalue weighted by atomic mass is 10.0. The molecule has 0 spiro atoms. The molecule has 2 aromatic carbocycles. The number of fused-ring (bicyclic) bond motifs is 1. The van der Waals surface area contributed by atoms with Gasteiger partial charge in [-0.15, -0.1) is 0 Å². The first-order valence-electron chi connectivity index (χ1n) is 7.83. The summed E-state index contributed by atoms with van der Waals surface area (Å²) >= 11 is 3.44. The van der Waals surface area contributed by atoms with Crippen molar-refractivity contribution in [2.24, 2.45) is 0 Å². The van der Waals surface area contributed by atoms with Crippen LogP contribution in [0.1, 0.15) is 33.9 Å². The van der Waals surface area contributed by atoms with Crippen molar-refractivity contribution >= 4 is 27.8 Å². The largest absolute Gasteiger partial charge is 0.497 e. The fourth-order valence-corrected chi connectivity index (χ4v) is 3.47. The number of ether oxygens (including phenoxy) is 2. The van der Waals surface area contributed by atoms with Gasteiger partial charge >= 0.3 is 5.97 Å². The molecule has 1 heterocycles. The van der Waals surface area contributed by atoms with Crippen LogP contribution < -0.4 is 4.74 Å². The zero-order valence-electron chi connectivity index (χ0n) is 14.0. The molecule has 0 saturated carbocycles. The third-order valence-corrected chi connectivity index (χ3v) is 4.83. The topological polar surface area (TPSA) is 55.8 Å². The Bertz CT molecular complexity index is 821. The highest BCUT2D eigenvalue weighted by atomic mass is 79.9. The Morgan fingerprint density at radius 2 is 2.04 bits per heavy atom. The first-order chi connectivity index (χ1) is 12.0.